The number of amides is 3. The zero-order valence-electron chi connectivity index (χ0n) is 46.0. The molecule has 0 spiro atoms. The highest BCUT2D eigenvalue weighted by Gasteiger charge is 2.44. The number of Topliss-reactive ketones (excluding diaryl/α,β-unsaturated/α-hetero) is 1. The summed E-state index contributed by atoms with van der Waals surface area (Å²) in [6.07, 6.45) is 4.07. The number of hydrogen-bond acceptors (Lipinski definition) is 13. The van der Waals surface area contributed by atoms with E-state index >= 15 is 0 Å². The van der Waals surface area contributed by atoms with Gasteiger partial charge in [0, 0.05) is 91.6 Å². The van der Waals surface area contributed by atoms with E-state index in [-0.39, 0.29) is 56.6 Å². The first-order valence-corrected chi connectivity index (χ1v) is 27.7. The third-order valence-electron chi connectivity index (χ3n) is 14.3. The van der Waals surface area contributed by atoms with Gasteiger partial charge in [-0.05, 0) is 92.5 Å². The number of benzene rings is 3. The second-order valence-corrected chi connectivity index (χ2v) is 22.9. The zero-order valence-corrected chi connectivity index (χ0v) is 46.8. The Bertz CT molecular complexity index is 3000. The average Bonchev–Trinajstić information content (AvgIpc) is 4.32. The van der Waals surface area contributed by atoms with Gasteiger partial charge in [-0.25, -0.2) is 0 Å². The highest BCUT2D eigenvalue weighted by Crippen LogP contribution is 2.41. The minimum Gasteiger partial charge on any atom is -0.494 e. The standard InChI is InChI=1S/C60H74N8O8S/c1-36(2)56-65-66-57-48(63-54(43-17-12-37(3)13-18-43)53-38(4)40(6)77-59(53)68(56)57)33-51(71)62-44-21-23-46(24-22-44)76-31-11-29-74-28-10-30-75-35-52(72)64-55(60(7,8)9)58(73)67-34-45(69)32-49(67)50(70)25-16-41-14-19-42(20-15-41)47-26-27-61-39(47)5/h12-15,17-24,27,36,45,48-49,55,69H,10-11,16,25-26,28-35H2,1-9H3,(H,62,71)(H,64,72)/t45?,48?,49-,55+/m0/s1. The number of aliphatic hydroxyl groups is 1. The van der Waals surface area contributed by atoms with Gasteiger partial charge >= 0.3 is 0 Å². The smallest absolute Gasteiger partial charge is 0.246 e. The van der Waals surface area contributed by atoms with Crippen LogP contribution in [0.25, 0.3) is 10.6 Å². The predicted octanol–water partition coefficient (Wildman–Crippen LogP) is 9.39. The van der Waals surface area contributed by atoms with Crippen molar-refractivity contribution < 1.29 is 38.5 Å². The molecule has 408 valence electrons. The van der Waals surface area contributed by atoms with Crippen LogP contribution in [-0.2, 0) is 35.1 Å². The lowest BCUT2D eigenvalue weighted by molar-refractivity contribution is -0.144. The molecule has 0 radical (unpaired) electrons. The molecule has 3 N–H and O–H groups in total. The molecule has 4 atom stereocenters. The lowest BCUT2D eigenvalue weighted by atomic mass is 9.85. The second-order valence-electron chi connectivity index (χ2n) is 21.7. The lowest BCUT2D eigenvalue weighted by Crippen LogP contribution is -2.57. The third-order valence-corrected chi connectivity index (χ3v) is 15.5. The maximum absolute atomic E-state index is 14.0. The molecule has 1 fully saturated rings. The van der Waals surface area contributed by atoms with E-state index in [1.165, 1.54) is 15.4 Å². The SMILES string of the molecule is CC1=C(c2ccc(CCC(=O)[C@@H]3CC(O)CN3C(=O)[C@@H](NC(=O)COCCCOCCCOc3ccc(NC(=O)CC4N=C(c5ccc(C)cc5)c5c(sc(C)c5C)-n5c(C(C)C)nnc54)cc3)C(C)(C)C)cc2)CC=N1. The van der Waals surface area contributed by atoms with Gasteiger partial charge in [-0.1, -0.05) is 88.7 Å². The van der Waals surface area contributed by atoms with Crippen LogP contribution in [0, 0.1) is 26.2 Å². The number of ether oxygens (including phenoxy) is 3. The molecule has 0 bridgehead atoms. The molecule has 0 saturated carbocycles. The quantitative estimate of drug-likeness (QED) is 0.0530. The van der Waals surface area contributed by atoms with Gasteiger partial charge in [-0.3, -0.25) is 33.7 Å². The summed E-state index contributed by atoms with van der Waals surface area (Å²) in [5.74, 6) is 1.10. The molecule has 3 amide bonds. The Kier molecular flexibility index (Phi) is 18.5. The number of aliphatic imine (C=N–C) groups is 2. The maximum atomic E-state index is 14.0. The molecule has 5 aromatic rings. The summed E-state index contributed by atoms with van der Waals surface area (Å²) in [6, 6.07) is 21.5. The first-order chi connectivity index (χ1) is 36.9. The van der Waals surface area contributed by atoms with Crippen molar-refractivity contribution in [2.45, 2.75) is 137 Å². The van der Waals surface area contributed by atoms with Crippen LogP contribution in [0.2, 0.25) is 0 Å². The number of aromatic nitrogens is 3. The van der Waals surface area contributed by atoms with Crippen LogP contribution in [-0.4, -0.2) is 118 Å². The normalized spacial score (nSPS) is 17.5. The minimum absolute atomic E-state index is 0.0265. The van der Waals surface area contributed by atoms with Crippen LogP contribution >= 0.6 is 11.3 Å². The Balaban J connectivity index is 0.732. The van der Waals surface area contributed by atoms with E-state index < -0.39 is 41.5 Å². The van der Waals surface area contributed by atoms with Crippen molar-refractivity contribution in [1.29, 1.82) is 0 Å². The number of fused-ring (bicyclic) bond motifs is 3. The summed E-state index contributed by atoms with van der Waals surface area (Å²) in [6.45, 7) is 19.5. The number of carbonyl (C=O) groups excluding carboxylic acids is 4. The molecule has 5 heterocycles. The summed E-state index contributed by atoms with van der Waals surface area (Å²) in [5.41, 5.74) is 9.50. The Labute approximate surface area is 456 Å². The molecule has 8 rings (SSSR count). The number of hydrogen-bond donors (Lipinski definition) is 3. The van der Waals surface area contributed by atoms with Gasteiger partial charge in [0.05, 0.1) is 30.9 Å². The van der Waals surface area contributed by atoms with E-state index in [0.717, 1.165) is 62.0 Å². The van der Waals surface area contributed by atoms with Crippen LogP contribution in [0.5, 0.6) is 5.75 Å². The van der Waals surface area contributed by atoms with Crippen LogP contribution < -0.4 is 15.4 Å². The number of anilines is 1. The van der Waals surface area contributed by atoms with Crippen LogP contribution in [0.15, 0.2) is 88.5 Å². The Hall–Kier alpha value is -6.66. The second kappa shape index (κ2) is 25.2. The number of aryl methyl sites for hydroxylation is 3. The highest BCUT2D eigenvalue weighted by molar-refractivity contribution is 7.15. The van der Waals surface area contributed by atoms with Crippen molar-refractivity contribution in [1.82, 2.24) is 25.0 Å². The largest absolute Gasteiger partial charge is 0.494 e. The summed E-state index contributed by atoms with van der Waals surface area (Å²) in [5, 5.41) is 26.8. The number of nitrogens with zero attached hydrogens (tertiary/aromatic N) is 6. The monoisotopic (exact) mass is 1070 g/mol. The van der Waals surface area contributed by atoms with Crippen LogP contribution in [0.4, 0.5) is 5.69 Å². The topological polar surface area (TPSA) is 199 Å². The first-order valence-electron chi connectivity index (χ1n) is 26.9. The fourth-order valence-corrected chi connectivity index (χ4v) is 11.1. The number of allylic oxidation sites excluding steroid dienone is 2. The fraction of sp³-hybridized carbons (Fsp3) is 0.467. The number of rotatable bonds is 23. The van der Waals surface area contributed by atoms with E-state index in [9.17, 15) is 24.3 Å². The number of nitrogens with one attached hydrogen (secondary N) is 2. The summed E-state index contributed by atoms with van der Waals surface area (Å²) in [4.78, 5) is 66.8. The van der Waals surface area contributed by atoms with E-state index in [1.807, 2.05) is 70.3 Å². The first kappa shape index (κ1) is 56.5. The van der Waals surface area contributed by atoms with Crippen molar-refractivity contribution in [3.05, 3.63) is 128 Å². The maximum Gasteiger partial charge on any atom is 0.246 e. The summed E-state index contributed by atoms with van der Waals surface area (Å²) >= 11 is 1.70. The van der Waals surface area contributed by atoms with Crippen molar-refractivity contribution in [2.24, 2.45) is 15.4 Å². The molecule has 0 aliphatic carbocycles. The van der Waals surface area contributed by atoms with Gasteiger partial charge < -0.3 is 34.9 Å². The summed E-state index contributed by atoms with van der Waals surface area (Å²) < 4.78 is 19.5. The molecule has 3 aliphatic rings. The number of β-amino-alcohol motifs (C(OH)–C–C–N with tert-alkyl or cyclic N) is 1. The van der Waals surface area contributed by atoms with E-state index in [1.54, 1.807) is 11.3 Å². The number of likely N-dealkylation sites (tertiary alicyclic amines) is 1. The van der Waals surface area contributed by atoms with Gasteiger partial charge in [-0.15, -0.1) is 21.5 Å². The molecule has 3 aromatic carbocycles. The van der Waals surface area contributed by atoms with Crippen LogP contribution in [0.3, 0.4) is 0 Å². The number of aliphatic hydroxyl groups excluding tert-OH is 1. The molecule has 16 nitrogen and oxygen atoms in total. The number of ketones is 1. The van der Waals surface area contributed by atoms with E-state index in [2.05, 4.69) is 101 Å². The van der Waals surface area contributed by atoms with E-state index in [0.29, 0.717) is 56.3 Å². The fourth-order valence-electron chi connectivity index (χ4n) is 9.91. The van der Waals surface area contributed by atoms with Gasteiger partial charge in [0.1, 0.15) is 35.3 Å². The average molecular weight is 1070 g/mol. The van der Waals surface area contributed by atoms with E-state index in [4.69, 9.17) is 19.2 Å². The van der Waals surface area contributed by atoms with Crippen molar-refractivity contribution >= 4 is 58.0 Å². The number of carbonyl (C=O) groups is 4. The molecule has 2 aromatic heterocycles. The molecular formula is C60H74N8O8S. The molecule has 1 saturated heterocycles. The molecule has 2 unspecified atom stereocenters. The lowest BCUT2D eigenvalue weighted by Gasteiger charge is -2.35. The Morgan fingerprint density at radius 2 is 1.53 bits per heavy atom. The summed E-state index contributed by atoms with van der Waals surface area (Å²) in [7, 11) is 0. The van der Waals surface area contributed by atoms with Gasteiger partial charge in [0.25, 0.3) is 0 Å². The van der Waals surface area contributed by atoms with Crippen molar-refractivity contribution in [3.63, 3.8) is 0 Å². The van der Waals surface area contributed by atoms with Crippen LogP contribution in [0.1, 0.15) is 142 Å². The molecule has 77 heavy (non-hydrogen) atoms. The molecular weight excluding hydrogens is 993 g/mol. The predicted molar refractivity (Wildman–Crippen MR) is 301 cm³/mol. The van der Waals surface area contributed by atoms with Crippen molar-refractivity contribution in [3.8, 4) is 10.8 Å². The third kappa shape index (κ3) is 13.9. The highest BCUT2D eigenvalue weighted by atomic mass is 32.1. The number of thiophene rings is 1. The minimum atomic E-state index is -0.932. The van der Waals surface area contributed by atoms with Crippen molar-refractivity contribution in [2.75, 3.05) is 44.9 Å². The van der Waals surface area contributed by atoms with Gasteiger partial charge in [0.2, 0.25) is 17.7 Å². The molecule has 17 heteroatoms. The van der Waals surface area contributed by atoms with Gasteiger partial charge in [0.15, 0.2) is 11.6 Å². The van der Waals surface area contributed by atoms with Gasteiger partial charge in [-0.2, -0.15) is 0 Å². The Morgan fingerprint density at radius 3 is 2.21 bits per heavy atom. The Morgan fingerprint density at radius 1 is 0.844 bits per heavy atom. The molecule has 3 aliphatic heterocycles. The zero-order chi connectivity index (χ0) is 55.0.